The summed E-state index contributed by atoms with van der Waals surface area (Å²) < 4.78 is 15.6. The molecule has 0 aromatic heterocycles. The molecule has 5 aromatic rings. The van der Waals surface area contributed by atoms with Crippen molar-refractivity contribution < 1.29 is 28.6 Å². The van der Waals surface area contributed by atoms with Crippen molar-refractivity contribution in [2.75, 3.05) is 18.1 Å². The average molecular weight is 690 g/mol. The highest BCUT2D eigenvalue weighted by Gasteiger charge is 2.14. The van der Waals surface area contributed by atoms with Gasteiger partial charge in [-0.1, -0.05) is 98.6 Å². The molecule has 0 saturated carbocycles. The number of hydrogen-bond acceptors (Lipinski definition) is 7. The summed E-state index contributed by atoms with van der Waals surface area (Å²) in [5.74, 6) is -0.947. The molecule has 0 radical (unpaired) electrons. The standard InChI is InChI=1S/C45H39NO6/c1-4-43(47)50-30-28-33-12-20-38(21-13-33)46(39-22-14-34(15-23-39)29-31-51-44(48)5-2)40-24-16-35(17-25-40)32-42(36-10-8-7-9-11-36)37-18-26-41(27-19-37)52-45(49)6-3/h4-27,32H,1-3,28-31H2. The van der Waals surface area contributed by atoms with Crippen LogP contribution in [0.5, 0.6) is 5.75 Å². The van der Waals surface area contributed by atoms with Crippen LogP contribution in [0.4, 0.5) is 17.1 Å². The summed E-state index contributed by atoms with van der Waals surface area (Å²) in [7, 11) is 0. The zero-order valence-corrected chi connectivity index (χ0v) is 28.8. The van der Waals surface area contributed by atoms with Gasteiger partial charge < -0.3 is 19.1 Å². The SMILES string of the molecule is C=CC(=O)OCCc1ccc(N(c2ccc(C=C(c3ccccc3)c3ccc(OC(=O)C=C)cc3)cc2)c2ccc(CCOC(=O)C=C)cc2)cc1. The lowest BCUT2D eigenvalue weighted by Crippen LogP contribution is -2.10. The van der Waals surface area contributed by atoms with Crippen molar-refractivity contribution in [3.05, 3.63) is 193 Å². The predicted octanol–water partition coefficient (Wildman–Crippen LogP) is 9.38. The molecule has 7 nitrogen and oxygen atoms in total. The predicted molar refractivity (Wildman–Crippen MR) is 207 cm³/mol. The molecule has 0 bridgehead atoms. The maximum atomic E-state index is 11.7. The lowest BCUT2D eigenvalue weighted by Gasteiger charge is -2.26. The van der Waals surface area contributed by atoms with Crippen LogP contribution in [0.1, 0.15) is 27.8 Å². The van der Waals surface area contributed by atoms with E-state index < -0.39 is 17.9 Å². The van der Waals surface area contributed by atoms with E-state index in [0.717, 1.165) is 68.7 Å². The number of ether oxygens (including phenoxy) is 3. The Balaban J connectivity index is 1.45. The summed E-state index contributed by atoms with van der Waals surface area (Å²) in [6, 6.07) is 42.1. The van der Waals surface area contributed by atoms with Gasteiger partial charge in [0.2, 0.25) is 0 Å². The van der Waals surface area contributed by atoms with Crippen molar-refractivity contribution in [1.29, 1.82) is 0 Å². The third-order valence-electron chi connectivity index (χ3n) is 8.09. The second-order valence-corrected chi connectivity index (χ2v) is 11.6. The average Bonchev–Trinajstić information content (AvgIpc) is 3.19. The molecule has 0 aliphatic carbocycles. The lowest BCUT2D eigenvalue weighted by atomic mass is 9.95. The van der Waals surface area contributed by atoms with Gasteiger partial charge in [-0.15, -0.1) is 0 Å². The van der Waals surface area contributed by atoms with Crippen molar-refractivity contribution in [3.8, 4) is 5.75 Å². The molecule has 260 valence electrons. The van der Waals surface area contributed by atoms with Crippen LogP contribution in [-0.4, -0.2) is 31.1 Å². The molecule has 0 heterocycles. The number of esters is 3. The maximum Gasteiger partial charge on any atom is 0.335 e. The molecular formula is C45H39NO6. The fraction of sp³-hybridized carbons (Fsp3) is 0.0889. The fourth-order valence-corrected chi connectivity index (χ4v) is 5.43. The van der Waals surface area contributed by atoms with Crippen LogP contribution in [0.2, 0.25) is 0 Å². The van der Waals surface area contributed by atoms with Crippen LogP contribution < -0.4 is 9.64 Å². The minimum Gasteiger partial charge on any atom is -0.462 e. The zero-order chi connectivity index (χ0) is 36.7. The number of anilines is 3. The van der Waals surface area contributed by atoms with E-state index in [1.807, 2.05) is 78.9 Å². The number of benzene rings is 5. The van der Waals surface area contributed by atoms with Crippen LogP contribution in [0.3, 0.4) is 0 Å². The number of nitrogens with zero attached hydrogens (tertiary/aromatic N) is 1. The summed E-state index contributed by atoms with van der Waals surface area (Å²) in [6.07, 6.45) is 6.75. The van der Waals surface area contributed by atoms with Gasteiger partial charge in [0.1, 0.15) is 5.75 Å². The second-order valence-electron chi connectivity index (χ2n) is 11.6. The molecule has 0 aliphatic heterocycles. The van der Waals surface area contributed by atoms with E-state index in [1.165, 1.54) is 0 Å². The highest BCUT2D eigenvalue weighted by molar-refractivity contribution is 5.92. The van der Waals surface area contributed by atoms with Gasteiger partial charge >= 0.3 is 17.9 Å². The Labute approximate surface area is 304 Å². The van der Waals surface area contributed by atoms with Gasteiger partial charge in [0.25, 0.3) is 0 Å². The first-order valence-electron chi connectivity index (χ1n) is 16.7. The maximum absolute atomic E-state index is 11.7. The van der Waals surface area contributed by atoms with Crippen LogP contribution in [0.15, 0.2) is 165 Å². The quantitative estimate of drug-likeness (QED) is 0.0442. The molecule has 0 saturated heterocycles. The minimum absolute atomic E-state index is 0.268. The molecule has 7 heteroatoms. The molecule has 0 unspecified atom stereocenters. The van der Waals surface area contributed by atoms with Crippen LogP contribution >= 0.6 is 0 Å². The van der Waals surface area contributed by atoms with Crippen molar-refractivity contribution in [3.63, 3.8) is 0 Å². The second kappa shape index (κ2) is 18.3. The van der Waals surface area contributed by atoms with Crippen LogP contribution in [0, 0.1) is 0 Å². The molecule has 0 N–H and O–H groups in total. The Morgan fingerprint density at radius 2 is 0.962 bits per heavy atom. The van der Waals surface area contributed by atoms with Crippen molar-refractivity contribution in [1.82, 2.24) is 0 Å². The Bertz CT molecular complexity index is 1960. The number of rotatable bonds is 16. The van der Waals surface area contributed by atoms with E-state index >= 15 is 0 Å². The van der Waals surface area contributed by atoms with E-state index in [9.17, 15) is 14.4 Å². The molecule has 0 amide bonds. The molecule has 5 aromatic carbocycles. The Kier molecular flexibility index (Phi) is 12.9. The zero-order valence-electron chi connectivity index (χ0n) is 28.8. The molecule has 0 atom stereocenters. The van der Waals surface area contributed by atoms with Crippen LogP contribution in [-0.2, 0) is 36.7 Å². The van der Waals surface area contributed by atoms with Gasteiger partial charge in [0, 0.05) is 48.1 Å². The first kappa shape index (κ1) is 36.5. The number of hydrogen-bond donors (Lipinski definition) is 0. The fourth-order valence-electron chi connectivity index (χ4n) is 5.43. The van der Waals surface area contributed by atoms with Gasteiger partial charge in [-0.3, -0.25) is 0 Å². The summed E-state index contributed by atoms with van der Waals surface area (Å²) in [5, 5.41) is 0. The van der Waals surface area contributed by atoms with E-state index in [1.54, 1.807) is 12.1 Å². The summed E-state index contributed by atoms with van der Waals surface area (Å²) >= 11 is 0. The van der Waals surface area contributed by atoms with Crippen molar-refractivity contribution in [2.45, 2.75) is 12.8 Å². The number of carbonyl (C=O) groups is 3. The third-order valence-corrected chi connectivity index (χ3v) is 8.09. The first-order chi connectivity index (χ1) is 25.4. The highest BCUT2D eigenvalue weighted by Crippen LogP contribution is 2.36. The molecule has 5 rings (SSSR count). The van der Waals surface area contributed by atoms with Gasteiger partial charge in [-0.05, 0) is 88.0 Å². The molecule has 0 aliphatic rings. The summed E-state index contributed by atoms with van der Waals surface area (Å²) in [4.78, 5) is 36.8. The lowest BCUT2D eigenvalue weighted by molar-refractivity contribution is -0.138. The normalized spacial score (nSPS) is 10.8. The topological polar surface area (TPSA) is 82.1 Å². The van der Waals surface area contributed by atoms with E-state index in [-0.39, 0.29) is 13.2 Å². The summed E-state index contributed by atoms with van der Waals surface area (Å²) in [5.41, 5.74) is 8.93. The Morgan fingerprint density at radius 3 is 1.42 bits per heavy atom. The van der Waals surface area contributed by atoms with Crippen molar-refractivity contribution in [2.24, 2.45) is 0 Å². The van der Waals surface area contributed by atoms with E-state index in [0.29, 0.717) is 18.6 Å². The third kappa shape index (κ3) is 10.2. The van der Waals surface area contributed by atoms with Gasteiger partial charge in [0.05, 0.1) is 13.2 Å². The van der Waals surface area contributed by atoms with Gasteiger partial charge in [-0.2, -0.15) is 0 Å². The molecule has 0 fully saturated rings. The van der Waals surface area contributed by atoms with Gasteiger partial charge in [0.15, 0.2) is 0 Å². The van der Waals surface area contributed by atoms with E-state index in [2.05, 4.69) is 67.1 Å². The number of carbonyl (C=O) groups excluding carboxylic acids is 3. The highest BCUT2D eigenvalue weighted by atomic mass is 16.5. The first-order valence-corrected chi connectivity index (χ1v) is 16.7. The largest absolute Gasteiger partial charge is 0.462 e. The monoisotopic (exact) mass is 689 g/mol. The van der Waals surface area contributed by atoms with E-state index in [4.69, 9.17) is 14.2 Å². The smallest absolute Gasteiger partial charge is 0.335 e. The Hall–Kier alpha value is -6.73. The minimum atomic E-state index is -0.509. The molecule has 0 spiro atoms. The molecule has 52 heavy (non-hydrogen) atoms. The summed E-state index contributed by atoms with van der Waals surface area (Å²) in [6.45, 7) is 10.9. The van der Waals surface area contributed by atoms with Gasteiger partial charge in [-0.25, -0.2) is 14.4 Å². The van der Waals surface area contributed by atoms with Crippen molar-refractivity contribution >= 4 is 46.6 Å². The molecular weight excluding hydrogens is 650 g/mol. The Morgan fingerprint density at radius 1 is 0.519 bits per heavy atom. The van der Waals surface area contributed by atoms with Crippen LogP contribution in [0.25, 0.3) is 11.6 Å².